The molecule has 1 aromatic carbocycles. The van der Waals surface area contributed by atoms with Gasteiger partial charge in [-0.25, -0.2) is 0 Å². The Labute approximate surface area is 105 Å². The zero-order valence-electron chi connectivity index (χ0n) is 8.58. The van der Waals surface area contributed by atoms with E-state index in [0.29, 0.717) is 5.75 Å². The third-order valence-electron chi connectivity index (χ3n) is 1.97. The van der Waals surface area contributed by atoms with Gasteiger partial charge in [-0.05, 0) is 18.2 Å². The minimum absolute atomic E-state index is 0. The van der Waals surface area contributed by atoms with Gasteiger partial charge in [0.25, 0.3) is 0 Å². The van der Waals surface area contributed by atoms with E-state index in [9.17, 15) is 5.11 Å². The molecule has 0 aliphatic heterocycles. The smallest absolute Gasteiger partial charge is 0.211 e. The summed E-state index contributed by atoms with van der Waals surface area (Å²) in [6.45, 7) is 0. The summed E-state index contributed by atoms with van der Waals surface area (Å²) in [5.41, 5.74) is 0. The Bertz CT molecular complexity index is 436. The summed E-state index contributed by atoms with van der Waals surface area (Å²) in [4.78, 5) is 1.23. The first-order chi connectivity index (χ1) is 7.34. The van der Waals surface area contributed by atoms with Gasteiger partial charge in [-0.2, -0.15) is 4.57 Å². The van der Waals surface area contributed by atoms with Crippen LogP contribution in [0.5, 0.6) is 5.75 Å². The topological polar surface area (TPSA) is 24.1 Å². The van der Waals surface area contributed by atoms with Crippen molar-refractivity contribution in [1.82, 2.24) is 0 Å². The first-order valence-electron chi connectivity index (χ1n) is 4.70. The third-order valence-corrected chi connectivity index (χ3v) is 3.00. The van der Waals surface area contributed by atoms with Crippen molar-refractivity contribution >= 4 is 11.8 Å². The first kappa shape index (κ1) is 12.9. The van der Waals surface area contributed by atoms with Crippen molar-refractivity contribution in [2.45, 2.75) is 10.8 Å². The molecule has 0 radical (unpaired) electrons. The van der Waals surface area contributed by atoms with Gasteiger partial charge in [0, 0.05) is 11.0 Å². The van der Waals surface area contributed by atoms with Crippen molar-refractivity contribution in [3.63, 3.8) is 0 Å². The monoisotopic (exact) mass is 253 g/mol. The van der Waals surface area contributed by atoms with Gasteiger partial charge in [-0.1, -0.05) is 30.0 Å². The zero-order valence-corrected chi connectivity index (χ0v) is 10.2. The predicted octanol–water partition coefficient (Wildman–Crippen LogP) is -0.567. The molecule has 1 heterocycles. The molecule has 1 N–H and O–H groups in total. The van der Waals surface area contributed by atoms with E-state index in [2.05, 4.69) is 12.1 Å². The lowest BCUT2D eigenvalue weighted by molar-refractivity contribution is -0.676. The van der Waals surface area contributed by atoms with E-state index in [1.54, 1.807) is 24.0 Å². The van der Waals surface area contributed by atoms with Gasteiger partial charge >= 0.3 is 0 Å². The minimum atomic E-state index is 0. The van der Waals surface area contributed by atoms with Crippen LogP contribution in [0.4, 0.5) is 0 Å². The van der Waals surface area contributed by atoms with Crippen LogP contribution in [0.3, 0.4) is 0 Å². The molecule has 0 saturated heterocycles. The van der Waals surface area contributed by atoms with Crippen LogP contribution in [0.1, 0.15) is 0 Å². The number of pyridine rings is 1. The lowest BCUT2D eigenvalue weighted by Crippen LogP contribution is -3.00. The molecular formula is C12H12ClNOS. The van der Waals surface area contributed by atoms with E-state index in [0.717, 1.165) is 5.88 Å². The van der Waals surface area contributed by atoms with E-state index in [1.165, 1.54) is 4.90 Å². The summed E-state index contributed by atoms with van der Waals surface area (Å²) < 4.78 is 1.95. The lowest BCUT2D eigenvalue weighted by atomic mass is 10.4. The van der Waals surface area contributed by atoms with Gasteiger partial charge in [0.1, 0.15) is 0 Å². The molecule has 0 aliphatic rings. The Balaban J connectivity index is 0.00000128. The molecular weight excluding hydrogens is 242 g/mol. The summed E-state index contributed by atoms with van der Waals surface area (Å²) in [5, 5.41) is 9.28. The fourth-order valence-electron chi connectivity index (χ4n) is 1.25. The average Bonchev–Trinajstić information content (AvgIpc) is 2.28. The van der Waals surface area contributed by atoms with E-state index in [1.807, 2.05) is 35.0 Å². The molecule has 0 fully saturated rings. The Hall–Kier alpha value is -1.19. The summed E-state index contributed by atoms with van der Waals surface area (Å²) >= 11 is 1.73. The van der Waals surface area contributed by atoms with Crippen LogP contribution in [0.15, 0.2) is 59.8 Å². The summed E-state index contributed by atoms with van der Waals surface area (Å²) in [6.07, 6.45) is 3.66. The van der Waals surface area contributed by atoms with E-state index >= 15 is 0 Å². The number of hydrogen-bond acceptors (Lipinski definition) is 2. The second kappa shape index (κ2) is 6.40. The molecule has 4 heteroatoms. The van der Waals surface area contributed by atoms with E-state index in [-0.39, 0.29) is 12.4 Å². The largest absolute Gasteiger partial charge is 1.00 e. The predicted molar refractivity (Wildman–Crippen MR) is 60.6 cm³/mol. The highest BCUT2D eigenvalue weighted by atomic mass is 35.5. The van der Waals surface area contributed by atoms with Crippen LogP contribution >= 0.6 is 11.8 Å². The molecule has 0 aliphatic carbocycles. The maximum absolute atomic E-state index is 9.28. The van der Waals surface area contributed by atoms with Gasteiger partial charge < -0.3 is 17.5 Å². The van der Waals surface area contributed by atoms with E-state index < -0.39 is 0 Å². The minimum Gasteiger partial charge on any atom is -1.00 e. The number of benzene rings is 1. The van der Waals surface area contributed by atoms with Crippen LogP contribution in [-0.4, -0.2) is 5.11 Å². The normalized spacial score (nSPS) is 9.50. The van der Waals surface area contributed by atoms with Gasteiger partial charge in [-0.15, -0.1) is 0 Å². The molecule has 0 unspecified atom stereocenters. The van der Waals surface area contributed by atoms with Crippen molar-refractivity contribution < 1.29 is 22.1 Å². The molecule has 2 rings (SSSR count). The SMILES string of the molecule is Oc1ccc[n+](CSc2ccccc2)c1.[Cl-]. The average molecular weight is 254 g/mol. The van der Waals surface area contributed by atoms with Crippen LogP contribution in [0.25, 0.3) is 0 Å². The maximum Gasteiger partial charge on any atom is 0.211 e. The number of hydrogen-bond donors (Lipinski definition) is 1. The van der Waals surface area contributed by atoms with Crippen LogP contribution < -0.4 is 17.0 Å². The second-order valence-corrected chi connectivity index (χ2v) is 4.18. The zero-order chi connectivity index (χ0) is 10.5. The second-order valence-electron chi connectivity index (χ2n) is 3.16. The molecule has 1 aromatic heterocycles. The number of halogens is 1. The van der Waals surface area contributed by atoms with Crippen molar-refractivity contribution in [2.75, 3.05) is 0 Å². The van der Waals surface area contributed by atoms with Crippen LogP contribution in [0.2, 0.25) is 0 Å². The van der Waals surface area contributed by atoms with Crippen molar-refractivity contribution in [3.8, 4) is 5.75 Å². The van der Waals surface area contributed by atoms with Gasteiger partial charge in [0.2, 0.25) is 6.20 Å². The van der Waals surface area contributed by atoms with Crippen molar-refractivity contribution in [2.24, 2.45) is 0 Å². The Kier molecular flexibility index (Phi) is 5.15. The van der Waals surface area contributed by atoms with Crippen molar-refractivity contribution in [1.29, 1.82) is 0 Å². The quantitative estimate of drug-likeness (QED) is 0.586. The fraction of sp³-hybridized carbons (Fsp3) is 0.0833. The first-order valence-corrected chi connectivity index (χ1v) is 5.69. The maximum atomic E-state index is 9.28. The standard InChI is InChI=1S/C12H11NOS.ClH/c14-11-5-4-8-13(9-11)10-15-12-6-2-1-3-7-12;/h1-9H,10H2;1H. The van der Waals surface area contributed by atoms with E-state index in [4.69, 9.17) is 0 Å². The summed E-state index contributed by atoms with van der Waals surface area (Å²) in [6, 6.07) is 13.7. The summed E-state index contributed by atoms with van der Waals surface area (Å²) in [7, 11) is 0. The van der Waals surface area contributed by atoms with Crippen LogP contribution in [0, 0.1) is 0 Å². The number of rotatable bonds is 3. The number of thioether (sulfide) groups is 1. The highest BCUT2D eigenvalue weighted by molar-refractivity contribution is 7.98. The molecule has 0 saturated carbocycles. The molecule has 2 aromatic rings. The summed E-state index contributed by atoms with van der Waals surface area (Å²) in [5.74, 6) is 1.10. The molecule has 2 nitrogen and oxygen atoms in total. The number of nitrogens with zero attached hydrogens (tertiary/aromatic N) is 1. The molecule has 0 bridgehead atoms. The van der Waals surface area contributed by atoms with Gasteiger partial charge in [0.05, 0.1) is 0 Å². The van der Waals surface area contributed by atoms with Gasteiger partial charge in [0.15, 0.2) is 17.8 Å². The van der Waals surface area contributed by atoms with Crippen LogP contribution in [-0.2, 0) is 5.88 Å². The molecule has 0 amide bonds. The molecule has 84 valence electrons. The number of aromatic hydroxyl groups is 1. The number of aromatic nitrogens is 1. The fourth-order valence-corrected chi connectivity index (χ4v) is 2.06. The third kappa shape index (κ3) is 3.76. The molecule has 0 spiro atoms. The molecule has 0 atom stereocenters. The molecule has 16 heavy (non-hydrogen) atoms. The van der Waals surface area contributed by atoms with Gasteiger partial charge in [-0.3, -0.25) is 0 Å². The highest BCUT2D eigenvalue weighted by Gasteiger charge is 2.02. The van der Waals surface area contributed by atoms with Crippen molar-refractivity contribution in [3.05, 3.63) is 54.9 Å². The Morgan fingerprint density at radius 3 is 2.50 bits per heavy atom. The lowest BCUT2D eigenvalue weighted by Gasteiger charge is -1.97. The Morgan fingerprint density at radius 2 is 1.81 bits per heavy atom. The Morgan fingerprint density at radius 1 is 1.06 bits per heavy atom. The highest BCUT2D eigenvalue weighted by Crippen LogP contribution is 2.16.